The molecule has 0 spiro atoms. The topological polar surface area (TPSA) is 142 Å². The van der Waals surface area contributed by atoms with E-state index < -0.39 is 43.6 Å². The normalized spacial score (nSPS) is 29.2. The van der Waals surface area contributed by atoms with Crippen molar-refractivity contribution >= 4 is 48.9 Å². The van der Waals surface area contributed by atoms with Crippen molar-refractivity contribution < 1.29 is 30.8 Å². The summed E-state index contributed by atoms with van der Waals surface area (Å²) in [6, 6.07) is 9.51. The standard InChI is InChI=1S/C26H27FN4O6S2/c1-38(34,35)29-18-9-10-19-20(12-18)39(36,37)30-25(28-19)22-24(32)21-15-5-7-16(8-6-15)23(21)31(26(22)33)13-14-3-2-4-17(27)11-14/h2-4,9-12,15-16,21-23,29H,5-8,13H2,1H3,(H,28,30). The molecule has 10 nitrogen and oxygen atoms in total. The molecule has 7 rings (SSSR count). The van der Waals surface area contributed by atoms with Gasteiger partial charge in [-0.3, -0.25) is 14.3 Å². The first kappa shape index (κ1) is 25.9. The lowest BCUT2D eigenvalue weighted by Crippen LogP contribution is -2.66. The highest BCUT2D eigenvalue weighted by atomic mass is 32.2. The van der Waals surface area contributed by atoms with Crippen molar-refractivity contribution in [3.8, 4) is 0 Å². The molecule has 2 aliphatic heterocycles. The van der Waals surface area contributed by atoms with E-state index in [1.807, 2.05) is 0 Å². The Morgan fingerprint density at radius 1 is 1.08 bits per heavy atom. The van der Waals surface area contributed by atoms with E-state index in [4.69, 9.17) is 0 Å². The first-order valence-electron chi connectivity index (χ1n) is 12.7. The van der Waals surface area contributed by atoms with Crippen LogP contribution in [-0.4, -0.2) is 51.6 Å². The molecular weight excluding hydrogens is 547 g/mol. The van der Waals surface area contributed by atoms with E-state index in [2.05, 4.69) is 14.4 Å². The smallest absolute Gasteiger partial charge is 0.286 e. The number of carbonyl (C=O) groups excluding carboxylic acids is 2. The van der Waals surface area contributed by atoms with Crippen LogP contribution >= 0.6 is 0 Å². The van der Waals surface area contributed by atoms with Crippen molar-refractivity contribution in [3.63, 3.8) is 0 Å². The van der Waals surface area contributed by atoms with Gasteiger partial charge in [-0.1, -0.05) is 12.1 Å². The van der Waals surface area contributed by atoms with Gasteiger partial charge in [-0.15, -0.1) is 4.40 Å². The summed E-state index contributed by atoms with van der Waals surface area (Å²) >= 11 is 0. The molecule has 39 heavy (non-hydrogen) atoms. The molecule has 1 amide bonds. The number of hydrogen-bond donors (Lipinski definition) is 2. The summed E-state index contributed by atoms with van der Waals surface area (Å²) in [5, 5.41) is 2.87. The van der Waals surface area contributed by atoms with Gasteiger partial charge in [0, 0.05) is 24.2 Å². The fourth-order valence-electron chi connectivity index (χ4n) is 6.74. The van der Waals surface area contributed by atoms with Gasteiger partial charge >= 0.3 is 0 Å². The molecule has 0 aromatic heterocycles. The number of amidine groups is 1. The molecule has 5 aliphatic rings. The van der Waals surface area contributed by atoms with Crippen molar-refractivity contribution in [2.45, 2.75) is 43.2 Å². The molecule has 1 saturated heterocycles. The van der Waals surface area contributed by atoms with Gasteiger partial charge < -0.3 is 10.2 Å². The number of carbonyl (C=O) groups is 2. The van der Waals surface area contributed by atoms with Crippen LogP contribution in [0.5, 0.6) is 0 Å². The number of nitrogens with one attached hydrogen (secondary N) is 2. The summed E-state index contributed by atoms with van der Waals surface area (Å²) in [5.41, 5.74) is 0.704. The Bertz CT molecular complexity index is 1630. The SMILES string of the molecule is CS(=O)(=O)Nc1ccc2c(c1)S(=O)(=O)N=C(C1C(=O)C3C4CCC(CC4)C3N(Cc3cccc(F)c3)C1=O)N2. The lowest BCUT2D eigenvalue weighted by atomic mass is 9.57. The number of fused-ring (bicyclic) bond motifs is 3. The molecule has 3 aliphatic carbocycles. The molecule has 4 fully saturated rings. The Balaban J connectivity index is 1.39. The van der Waals surface area contributed by atoms with Crippen LogP contribution in [0.1, 0.15) is 31.2 Å². The maximum absolute atomic E-state index is 14.0. The maximum atomic E-state index is 14.0. The first-order valence-corrected chi connectivity index (χ1v) is 16.1. The second kappa shape index (κ2) is 9.12. The van der Waals surface area contributed by atoms with Crippen molar-refractivity contribution in [3.05, 3.63) is 53.8 Å². The number of ketones is 1. The van der Waals surface area contributed by atoms with Gasteiger partial charge in [0.1, 0.15) is 16.5 Å². The van der Waals surface area contributed by atoms with E-state index in [1.54, 1.807) is 17.0 Å². The Morgan fingerprint density at radius 2 is 1.79 bits per heavy atom. The summed E-state index contributed by atoms with van der Waals surface area (Å²) in [4.78, 5) is 29.3. The van der Waals surface area contributed by atoms with Crippen LogP contribution in [0.2, 0.25) is 0 Å². The number of anilines is 2. The van der Waals surface area contributed by atoms with Gasteiger partial charge in [0.25, 0.3) is 10.0 Å². The van der Waals surface area contributed by atoms with E-state index in [0.717, 1.165) is 38.0 Å². The first-order chi connectivity index (χ1) is 18.4. The monoisotopic (exact) mass is 574 g/mol. The van der Waals surface area contributed by atoms with Gasteiger partial charge in [-0.25, -0.2) is 12.8 Å². The van der Waals surface area contributed by atoms with E-state index in [0.29, 0.717) is 5.56 Å². The average molecular weight is 575 g/mol. The summed E-state index contributed by atoms with van der Waals surface area (Å²) in [6.07, 6.45) is 4.48. The molecular formula is C26H27FN4O6S2. The molecule has 2 heterocycles. The highest BCUT2D eigenvalue weighted by Gasteiger charge is 2.58. The number of nitrogens with zero attached hydrogens (tertiary/aromatic N) is 2. The zero-order valence-electron chi connectivity index (χ0n) is 21.0. The van der Waals surface area contributed by atoms with Crippen molar-refractivity contribution in [1.82, 2.24) is 4.90 Å². The van der Waals surface area contributed by atoms with Crippen LogP contribution in [0, 0.1) is 29.5 Å². The van der Waals surface area contributed by atoms with E-state index in [9.17, 15) is 30.8 Å². The Labute approximate surface area is 225 Å². The summed E-state index contributed by atoms with van der Waals surface area (Å²) in [6.45, 7) is 0.0991. The second-order valence-corrected chi connectivity index (χ2v) is 14.1. The molecule has 3 saturated carbocycles. The molecule has 3 atom stereocenters. The molecule has 206 valence electrons. The zero-order valence-corrected chi connectivity index (χ0v) is 22.6. The van der Waals surface area contributed by atoms with Crippen LogP contribution in [-0.2, 0) is 36.2 Å². The van der Waals surface area contributed by atoms with E-state index in [1.165, 1.54) is 24.3 Å². The lowest BCUT2D eigenvalue weighted by molar-refractivity contribution is -0.162. The molecule has 2 aromatic rings. The average Bonchev–Trinajstić information content (AvgIpc) is 2.86. The van der Waals surface area contributed by atoms with Crippen LogP contribution < -0.4 is 10.0 Å². The lowest BCUT2D eigenvalue weighted by Gasteiger charge is -2.55. The van der Waals surface area contributed by atoms with Crippen molar-refractivity contribution in [2.75, 3.05) is 16.3 Å². The minimum atomic E-state index is -4.37. The molecule has 2 aromatic carbocycles. The van der Waals surface area contributed by atoms with Gasteiger partial charge in [0.15, 0.2) is 11.7 Å². The van der Waals surface area contributed by atoms with Crippen molar-refractivity contribution in [1.29, 1.82) is 0 Å². The van der Waals surface area contributed by atoms with Gasteiger partial charge in [0.05, 0.1) is 11.9 Å². The number of halogens is 1. The highest BCUT2D eigenvalue weighted by molar-refractivity contribution is 7.92. The largest absolute Gasteiger partial charge is 0.341 e. The third kappa shape index (κ3) is 4.61. The fraction of sp³-hybridized carbons (Fsp3) is 0.423. The molecule has 3 unspecified atom stereocenters. The molecule has 13 heteroatoms. The number of piperidine rings is 1. The Kier molecular flexibility index (Phi) is 6.06. The molecule has 0 radical (unpaired) electrons. The second-order valence-electron chi connectivity index (χ2n) is 10.8. The number of benzene rings is 2. The van der Waals surface area contributed by atoms with Crippen molar-refractivity contribution in [2.24, 2.45) is 28.1 Å². The number of likely N-dealkylation sites (tertiary alicyclic amines) is 1. The number of Topliss-reactive ketones (excluding diaryl/α,β-unsaturated/α-hetero) is 1. The predicted octanol–water partition coefficient (Wildman–Crippen LogP) is 2.74. The van der Waals surface area contributed by atoms with Gasteiger partial charge in [-0.2, -0.15) is 8.42 Å². The van der Waals surface area contributed by atoms with Crippen LogP contribution in [0.25, 0.3) is 0 Å². The minimum Gasteiger partial charge on any atom is -0.341 e. The highest BCUT2D eigenvalue weighted by Crippen LogP contribution is 2.51. The summed E-state index contributed by atoms with van der Waals surface area (Å²) < 4.78 is 69.7. The number of sulfonamides is 2. The third-order valence-corrected chi connectivity index (χ3v) is 10.2. The summed E-state index contributed by atoms with van der Waals surface area (Å²) in [5.74, 6) is -3.28. The molecule has 2 bridgehead atoms. The predicted molar refractivity (Wildman–Crippen MR) is 141 cm³/mol. The minimum absolute atomic E-state index is 0.0347. The summed E-state index contributed by atoms with van der Waals surface area (Å²) in [7, 11) is -8.02. The van der Waals surface area contributed by atoms with E-state index >= 15 is 0 Å². The fourth-order valence-corrected chi connectivity index (χ4v) is 8.48. The Hall–Kier alpha value is -3.32. The number of rotatable bonds is 5. The number of amides is 1. The van der Waals surface area contributed by atoms with Crippen LogP contribution in [0.15, 0.2) is 51.8 Å². The molecule has 2 N–H and O–H groups in total. The van der Waals surface area contributed by atoms with E-state index in [-0.39, 0.29) is 52.3 Å². The zero-order chi connectivity index (χ0) is 27.7. The number of hydrogen-bond acceptors (Lipinski definition) is 7. The third-order valence-electron chi connectivity index (χ3n) is 8.24. The van der Waals surface area contributed by atoms with Gasteiger partial charge in [-0.05, 0) is 73.4 Å². The Morgan fingerprint density at radius 3 is 2.49 bits per heavy atom. The van der Waals surface area contributed by atoms with Crippen LogP contribution in [0.3, 0.4) is 0 Å². The maximum Gasteiger partial charge on any atom is 0.286 e. The van der Waals surface area contributed by atoms with Crippen LogP contribution in [0.4, 0.5) is 15.8 Å². The quantitative estimate of drug-likeness (QED) is 0.523. The van der Waals surface area contributed by atoms with Gasteiger partial charge in [0.2, 0.25) is 15.9 Å².